The van der Waals surface area contributed by atoms with Gasteiger partial charge in [-0.25, -0.2) is 4.79 Å². The first-order valence-electron chi connectivity index (χ1n) is 6.45. The Kier molecular flexibility index (Phi) is 5.96. The molecule has 0 saturated heterocycles. The van der Waals surface area contributed by atoms with Gasteiger partial charge in [-0.2, -0.15) is 0 Å². The van der Waals surface area contributed by atoms with Crippen LogP contribution in [0.15, 0.2) is 40.9 Å². The molecule has 6 heteroatoms. The molecule has 4 nitrogen and oxygen atoms in total. The molecule has 2 aromatic rings. The SMILES string of the molecule is CCOc1cc(C=O)cc(Br)c1OC(=O)c1ccccc1I. The number of aldehydes is 1. The van der Waals surface area contributed by atoms with Crippen LogP contribution in [0, 0.1) is 3.57 Å². The van der Waals surface area contributed by atoms with E-state index >= 15 is 0 Å². The second kappa shape index (κ2) is 7.73. The topological polar surface area (TPSA) is 52.6 Å². The van der Waals surface area contributed by atoms with Gasteiger partial charge in [0, 0.05) is 9.13 Å². The summed E-state index contributed by atoms with van der Waals surface area (Å²) in [5, 5.41) is 0. The van der Waals surface area contributed by atoms with Crippen LogP contribution in [0.2, 0.25) is 0 Å². The van der Waals surface area contributed by atoms with Crippen LogP contribution in [0.5, 0.6) is 11.5 Å². The van der Waals surface area contributed by atoms with Crippen LogP contribution < -0.4 is 9.47 Å². The van der Waals surface area contributed by atoms with Gasteiger partial charge in [-0.3, -0.25) is 4.79 Å². The number of esters is 1. The summed E-state index contributed by atoms with van der Waals surface area (Å²) in [6.45, 7) is 2.20. The maximum Gasteiger partial charge on any atom is 0.344 e. The van der Waals surface area contributed by atoms with Gasteiger partial charge in [0.2, 0.25) is 0 Å². The molecule has 0 aliphatic heterocycles. The highest BCUT2D eigenvalue weighted by molar-refractivity contribution is 14.1. The average Bonchev–Trinajstić information content (AvgIpc) is 2.50. The Balaban J connectivity index is 2.38. The predicted molar refractivity (Wildman–Crippen MR) is 94.8 cm³/mol. The van der Waals surface area contributed by atoms with Crippen LogP contribution >= 0.6 is 38.5 Å². The zero-order chi connectivity index (χ0) is 16.1. The van der Waals surface area contributed by atoms with Crippen molar-refractivity contribution in [1.82, 2.24) is 0 Å². The summed E-state index contributed by atoms with van der Waals surface area (Å²) < 4.78 is 12.2. The van der Waals surface area contributed by atoms with Gasteiger partial charge in [0.1, 0.15) is 6.29 Å². The van der Waals surface area contributed by atoms with Crippen LogP contribution in [-0.2, 0) is 0 Å². The van der Waals surface area contributed by atoms with Crippen LogP contribution in [0.3, 0.4) is 0 Å². The zero-order valence-electron chi connectivity index (χ0n) is 11.6. The van der Waals surface area contributed by atoms with E-state index in [0.717, 1.165) is 3.57 Å². The third-order valence-electron chi connectivity index (χ3n) is 2.76. The van der Waals surface area contributed by atoms with E-state index in [4.69, 9.17) is 9.47 Å². The van der Waals surface area contributed by atoms with Crippen molar-refractivity contribution in [3.63, 3.8) is 0 Å². The number of hydrogen-bond donors (Lipinski definition) is 0. The molecule has 0 amide bonds. The lowest BCUT2D eigenvalue weighted by Crippen LogP contribution is -2.12. The van der Waals surface area contributed by atoms with Crippen LogP contribution in [0.4, 0.5) is 0 Å². The Hall–Kier alpha value is -1.41. The molecule has 0 spiro atoms. The third-order valence-corrected chi connectivity index (χ3v) is 4.29. The molecular formula is C16H12BrIO4. The molecule has 0 atom stereocenters. The minimum absolute atomic E-state index is 0.261. The van der Waals surface area contributed by atoms with Crippen LogP contribution in [0.1, 0.15) is 27.6 Å². The van der Waals surface area contributed by atoms with Gasteiger partial charge in [-0.1, -0.05) is 12.1 Å². The number of carbonyl (C=O) groups excluding carboxylic acids is 2. The van der Waals surface area contributed by atoms with E-state index in [0.29, 0.717) is 34.2 Å². The number of carbonyl (C=O) groups is 2. The van der Waals surface area contributed by atoms with Crippen molar-refractivity contribution in [2.75, 3.05) is 6.61 Å². The summed E-state index contributed by atoms with van der Waals surface area (Å²) in [5.41, 5.74) is 0.904. The fraction of sp³-hybridized carbons (Fsp3) is 0.125. The molecule has 0 aliphatic rings. The summed E-state index contributed by atoms with van der Waals surface area (Å²) in [5.74, 6) is 0.126. The van der Waals surface area contributed by atoms with E-state index in [1.165, 1.54) is 0 Å². The summed E-state index contributed by atoms with van der Waals surface area (Å²) >= 11 is 5.38. The average molecular weight is 475 g/mol. The first kappa shape index (κ1) is 17.0. The van der Waals surface area contributed by atoms with Gasteiger partial charge in [-0.05, 0) is 69.7 Å². The van der Waals surface area contributed by atoms with Gasteiger partial charge in [-0.15, -0.1) is 0 Å². The maximum absolute atomic E-state index is 12.3. The lowest BCUT2D eigenvalue weighted by Gasteiger charge is -2.13. The van der Waals surface area contributed by atoms with Gasteiger partial charge < -0.3 is 9.47 Å². The van der Waals surface area contributed by atoms with Gasteiger partial charge in [0.25, 0.3) is 0 Å². The Morgan fingerprint density at radius 1 is 1.32 bits per heavy atom. The van der Waals surface area contributed by atoms with E-state index in [9.17, 15) is 9.59 Å². The smallest absolute Gasteiger partial charge is 0.344 e. The van der Waals surface area contributed by atoms with Gasteiger partial charge in [0.15, 0.2) is 11.5 Å². The van der Waals surface area contributed by atoms with Crippen molar-refractivity contribution in [2.45, 2.75) is 6.92 Å². The molecule has 0 bridgehead atoms. The fourth-order valence-corrected chi connectivity index (χ4v) is 2.94. The van der Waals surface area contributed by atoms with Crippen molar-refractivity contribution in [3.05, 3.63) is 55.6 Å². The Morgan fingerprint density at radius 3 is 2.68 bits per heavy atom. The molecule has 22 heavy (non-hydrogen) atoms. The maximum atomic E-state index is 12.3. The molecule has 0 heterocycles. The summed E-state index contributed by atoms with van der Waals surface area (Å²) in [6.07, 6.45) is 0.707. The molecule has 0 aromatic heterocycles. The molecule has 0 radical (unpaired) electrons. The van der Waals surface area contributed by atoms with Crippen molar-refractivity contribution >= 4 is 50.8 Å². The minimum atomic E-state index is -0.481. The summed E-state index contributed by atoms with van der Waals surface area (Å²) in [7, 11) is 0. The number of rotatable bonds is 5. The lowest BCUT2D eigenvalue weighted by atomic mass is 10.2. The molecular weight excluding hydrogens is 463 g/mol. The molecule has 0 fully saturated rings. The predicted octanol–water partition coefficient (Wildman–Crippen LogP) is 4.48. The van der Waals surface area contributed by atoms with Crippen LogP contribution in [-0.4, -0.2) is 18.9 Å². The molecule has 114 valence electrons. The molecule has 0 saturated carbocycles. The van der Waals surface area contributed by atoms with E-state index in [1.54, 1.807) is 24.3 Å². The Bertz CT molecular complexity index is 715. The second-order valence-electron chi connectivity index (χ2n) is 4.25. The standard InChI is InChI=1S/C16H12BrIO4/c1-2-21-14-8-10(9-19)7-12(17)15(14)22-16(20)11-5-3-4-6-13(11)18/h3-9H,2H2,1H3. The summed E-state index contributed by atoms with van der Waals surface area (Å²) in [4.78, 5) is 23.3. The van der Waals surface area contributed by atoms with E-state index < -0.39 is 5.97 Å². The zero-order valence-corrected chi connectivity index (χ0v) is 15.4. The third kappa shape index (κ3) is 3.86. The number of hydrogen-bond acceptors (Lipinski definition) is 4. The second-order valence-corrected chi connectivity index (χ2v) is 6.27. The number of halogens is 2. The van der Waals surface area contributed by atoms with Gasteiger partial charge >= 0.3 is 5.97 Å². The van der Waals surface area contributed by atoms with Gasteiger partial charge in [0.05, 0.1) is 16.6 Å². The van der Waals surface area contributed by atoms with Crippen molar-refractivity contribution < 1.29 is 19.1 Å². The highest BCUT2D eigenvalue weighted by Gasteiger charge is 2.18. The first-order chi connectivity index (χ1) is 10.6. The molecule has 0 unspecified atom stereocenters. The van der Waals surface area contributed by atoms with Crippen LogP contribution in [0.25, 0.3) is 0 Å². The van der Waals surface area contributed by atoms with E-state index in [2.05, 4.69) is 38.5 Å². The van der Waals surface area contributed by atoms with E-state index in [-0.39, 0.29) is 5.75 Å². The molecule has 2 aromatic carbocycles. The fourth-order valence-electron chi connectivity index (χ4n) is 1.79. The van der Waals surface area contributed by atoms with Crippen molar-refractivity contribution in [3.8, 4) is 11.5 Å². The normalized spacial score (nSPS) is 10.1. The molecule has 0 N–H and O–H groups in total. The lowest BCUT2D eigenvalue weighted by molar-refractivity contribution is 0.0726. The van der Waals surface area contributed by atoms with E-state index in [1.807, 2.05) is 19.1 Å². The molecule has 2 rings (SSSR count). The molecule has 0 aliphatic carbocycles. The largest absolute Gasteiger partial charge is 0.490 e. The quantitative estimate of drug-likeness (QED) is 0.277. The van der Waals surface area contributed by atoms with Crippen molar-refractivity contribution in [1.29, 1.82) is 0 Å². The van der Waals surface area contributed by atoms with Crippen molar-refractivity contribution in [2.24, 2.45) is 0 Å². The monoisotopic (exact) mass is 474 g/mol. The number of ether oxygens (including phenoxy) is 2. The Morgan fingerprint density at radius 2 is 2.05 bits per heavy atom. The first-order valence-corrected chi connectivity index (χ1v) is 8.32. The highest BCUT2D eigenvalue weighted by atomic mass is 127. The summed E-state index contributed by atoms with van der Waals surface area (Å²) in [6, 6.07) is 10.3. The minimum Gasteiger partial charge on any atom is -0.490 e. The number of benzene rings is 2. The Labute approximate surface area is 150 Å². The highest BCUT2D eigenvalue weighted by Crippen LogP contribution is 2.37.